The normalized spacial score (nSPS) is 14.8. The minimum atomic E-state index is -3.78. The van der Waals surface area contributed by atoms with Crippen LogP contribution in [0.15, 0.2) is 59.5 Å². The Balaban J connectivity index is 1.68. The third-order valence-electron chi connectivity index (χ3n) is 4.81. The van der Waals surface area contributed by atoms with E-state index in [9.17, 15) is 17.6 Å². The van der Waals surface area contributed by atoms with Gasteiger partial charge in [0.2, 0.25) is 10.0 Å². The number of rotatable bonds is 6. The second-order valence-electron chi connectivity index (χ2n) is 7.09. The van der Waals surface area contributed by atoms with Crippen LogP contribution in [0.5, 0.6) is 11.5 Å². The number of benzene rings is 2. The maximum Gasteiger partial charge on any atom is 0.265 e. The summed E-state index contributed by atoms with van der Waals surface area (Å²) in [6, 6.07) is 13.2. The van der Waals surface area contributed by atoms with Gasteiger partial charge in [0, 0.05) is 18.0 Å². The Morgan fingerprint density at radius 3 is 2.47 bits per heavy atom. The Kier molecular flexibility index (Phi) is 6.56. The molecular weight excluding hydrogens is 455 g/mol. The molecule has 1 N–H and O–H groups in total. The largest absolute Gasteiger partial charge is 0.455 e. The topological polar surface area (TPSA) is 84.9 Å². The van der Waals surface area contributed by atoms with Crippen molar-refractivity contribution in [2.24, 2.45) is 0 Å². The predicted octanol–water partition coefficient (Wildman–Crippen LogP) is 4.26. The second-order valence-corrected chi connectivity index (χ2v) is 10.3. The summed E-state index contributed by atoms with van der Waals surface area (Å²) >= 11 is 1.32. The molecule has 0 unspecified atom stereocenters. The fourth-order valence-corrected chi connectivity index (χ4v) is 5.36. The predicted molar refractivity (Wildman–Crippen MR) is 120 cm³/mol. The van der Waals surface area contributed by atoms with Gasteiger partial charge in [-0.05, 0) is 61.5 Å². The number of anilines is 1. The van der Waals surface area contributed by atoms with Crippen LogP contribution >= 0.6 is 11.3 Å². The number of hydrogen-bond acceptors (Lipinski definition) is 6. The standard InChI is InChI=1S/C22H21FN2O5S2/c1-15-2-9-21(31-15)22(26)24-19-14-18(32(27,28)25-10-12-29-13-11-25)7-8-20(19)30-17-5-3-16(23)4-6-17/h2-9,14H,10-13H2,1H3,(H,24,26). The first-order valence-electron chi connectivity index (χ1n) is 9.86. The molecule has 1 aliphatic rings. The molecule has 2 heterocycles. The zero-order valence-corrected chi connectivity index (χ0v) is 18.8. The van der Waals surface area contributed by atoms with Gasteiger partial charge in [-0.25, -0.2) is 12.8 Å². The van der Waals surface area contributed by atoms with Crippen LogP contribution in [0.3, 0.4) is 0 Å². The summed E-state index contributed by atoms with van der Waals surface area (Å²) in [6.07, 6.45) is 0. The van der Waals surface area contributed by atoms with E-state index in [0.717, 1.165) is 4.88 Å². The first kappa shape index (κ1) is 22.4. The van der Waals surface area contributed by atoms with Crippen LogP contribution in [0, 0.1) is 12.7 Å². The highest BCUT2D eigenvalue weighted by Gasteiger charge is 2.27. The quantitative estimate of drug-likeness (QED) is 0.575. The zero-order chi connectivity index (χ0) is 22.7. The van der Waals surface area contributed by atoms with Crippen LogP contribution in [0.2, 0.25) is 0 Å². The molecule has 0 radical (unpaired) electrons. The number of amides is 1. The first-order valence-corrected chi connectivity index (χ1v) is 12.1. The SMILES string of the molecule is Cc1ccc(C(=O)Nc2cc(S(=O)(=O)N3CCOCC3)ccc2Oc2ccc(F)cc2)s1. The van der Waals surface area contributed by atoms with E-state index in [2.05, 4.69) is 5.32 Å². The van der Waals surface area contributed by atoms with Crippen LogP contribution in [0.4, 0.5) is 10.1 Å². The van der Waals surface area contributed by atoms with Crippen molar-refractivity contribution >= 4 is 33.0 Å². The third kappa shape index (κ3) is 4.99. The van der Waals surface area contributed by atoms with E-state index in [1.165, 1.54) is 58.1 Å². The number of nitrogens with one attached hydrogen (secondary N) is 1. The molecule has 4 rings (SSSR count). The number of sulfonamides is 1. The van der Waals surface area contributed by atoms with Crippen molar-refractivity contribution in [1.82, 2.24) is 4.31 Å². The van der Waals surface area contributed by atoms with Crippen LogP contribution in [-0.4, -0.2) is 44.9 Å². The summed E-state index contributed by atoms with van der Waals surface area (Å²) in [4.78, 5) is 14.2. The highest BCUT2D eigenvalue weighted by atomic mass is 32.2. The summed E-state index contributed by atoms with van der Waals surface area (Å²) in [5.41, 5.74) is 0.194. The van der Waals surface area contributed by atoms with Crippen LogP contribution in [-0.2, 0) is 14.8 Å². The molecule has 0 spiro atoms. The minimum Gasteiger partial charge on any atom is -0.455 e. The third-order valence-corrected chi connectivity index (χ3v) is 7.71. The maximum atomic E-state index is 13.2. The molecule has 1 aliphatic heterocycles. The molecule has 0 bridgehead atoms. The van der Waals surface area contributed by atoms with E-state index in [4.69, 9.17) is 9.47 Å². The molecule has 1 aromatic heterocycles. The lowest BCUT2D eigenvalue weighted by atomic mass is 10.2. The van der Waals surface area contributed by atoms with Crippen molar-refractivity contribution in [3.8, 4) is 11.5 Å². The molecule has 1 amide bonds. The highest BCUT2D eigenvalue weighted by Crippen LogP contribution is 2.33. The summed E-state index contributed by atoms with van der Waals surface area (Å²) in [5.74, 6) is -0.212. The minimum absolute atomic E-state index is 0.0310. The molecule has 168 valence electrons. The number of nitrogens with zero attached hydrogens (tertiary/aromatic N) is 1. The Morgan fingerprint density at radius 2 is 1.81 bits per heavy atom. The molecule has 32 heavy (non-hydrogen) atoms. The van der Waals surface area contributed by atoms with Crippen molar-refractivity contribution in [2.45, 2.75) is 11.8 Å². The number of morpholine rings is 1. The number of aryl methyl sites for hydroxylation is 1. The average Bonchev–Trinajstić information content (AvgIpc) is 3.23. The number of carbonyl (C=O) groups excluding carboxylic acids is 1. The van der Waals surface area contributed by atoms with Crippen molar-refractivity contribution in [2.75, 3.05) is 31.6 Å². The molecule has 0 aliphatic carbocycles. The Hall–Kier alpha value is -2.79. The van der Waals surface area contributed by atoms with Crippen LogP contribution < -0.4 is 10.1 Å². The lowest BCUT2D eigenvalue weighted by Gasteiger charge is -2.26. The summed E-state index contributed by atoms with van der Waals surface area (Å²) in [6.45, 7) is 3.05. The van der Waals surface area contributed by atoms with E-state index >= 15 is 0 Å². The summed E-state index contributed by atoms with van der Waals surface area (Å²) in [5, 5.41) is 2.75. The number of hydrogen-bond donors (Lipinski definition) is 1. The zero-order valence-electron chi connectivity index (χ0n) is 17.2. The summed E-state index contributed by atoms with van der Waals surface area (Å²) < 4.78 is 51.8. The van der Waals surface area contributed by atoms with Gasteiger partial charge >= 0.3 is 0 Å². The Labute approximate surface area is 189 Å². The monoisotopic (exact) mass is 476 g/mol. The van der Waals surface area contributed by atoms with Crippen molar-refractivity contribution in [1.29, 1.82) is 0 Å². The lowest BCUT2D eigenvalue weighted by Crippen LogP contribution is -2.40. The van der Waals surface area contributed by atoms with E-state index in [0.29, 0.717) is 23.8 Å². The van der Waals surface area contributed by atoms with Gasteiger partial charge in [-0.1, -0.05) is 0 Å². The molecule has 2 aromatic carbocycles. The smallest absolute Gasteiger partial charge is 0.265 e. The number of thiophene rings is 1. The van der Waals surface area contributed by atoms with Gasteiger partial charge in [-0.2, -0.15) is 4.31 Å². The van der Waals surface area contributed by atoms with Crippen molar-refractivity contribution in [3.63, 3.8) is 0 Å². The van der Waals surface area contributed by atoms with Gasteiger partial charge in [-0.3, -0.25) is 4.79 Å². The number of ether oxygens (including phenoxy) is 2. The first-order chi connectivity index (χ1) is 15.3. The number of halogens is 1. The number of carbonyl (C=O) groups is 1. The van der Waals surface area contributed by atoms with E-state index in [1.54, 1.807) is 6.07 Å². The summed E-state index contributed by atoms with van der Waals surface area (Å²) in [7, 11) is -3.78. The molecule has 7 nitrogen and oxygen atoms in total. The van der Waals surface area contributed by atoms with Gasteiger partial charge in [0.1, 0.15) is 11.6 Å². The molecule has 1 fully saturated rings. The fraction of sp³-hybridized carbons (Fsp3) is 0.227. The van der Waals surface area contributed by atoms with Gasteiger partial charge < -0.3 is 14.8 Å². The van der Waals surface area contributed by atoms with E-state index in [1.807, 2.05) is 13.0 Å². The highest BCUT2D eigenvalue weighted by molar-refractivity contribution is 7.89. The Morgan fingerprint density at radius 1 is 1.09 bits per heavy atom. The van der Waals surface area contributed by atoms with Gasteiger partial charge in [0.05, 0.1) is 28.7 Å². The molecular formula is C22H21FN2O5S2. The van der Waals surface area contributed by atoms with Crippen molar-refractivity contribution < 1.29 is 27.1 Å². The van der Waals surface area contributed by atoms with E-state index in [-0.39, 0.29) is 35.3 Å². The van der Waals surface area contributed by atoms with Gasteiger partial charge in [0.15, 0.2) is 5.75 Å². The van der Waals surface area contributed by atoms with Crippen molar-refractivity contribution in [3.05, 3.63) is 70.2 Å². The lowest BCUT2D eigenvalue weighted by molar-refractivity contribution is 0.0730. The van der Waals surface area contributed by atoms with Gasteiger partial charge in [0.25, 0.3) is 5.91 Å². The molecule has 0 atom stereocenters. The molecule has 10 heteroatoms. The van der Waals surface area contributed by atoms with E-state index < -0.39 is 15.8 Å². The molecule has 3 aromatic rings. The maximum absolute atomic E-state index is 13.2. The van der Waals surface area contributed by atoms with Crippen LogP contribution in [0.25, 0.3) is 0 Å². The average molecular weight is 477 g/mol. The Bertz CT molecular complexity index is 1220. The second kappa shape index (κ2) is 9.37. The fourth-order valence-electron chi connectivity index (χ4n) is 3.16. The van der Waals surface area contributed by atoms with Gasteiger partial charge in [-0.15, -0.1) is 11.3 Å². The molecule has 1 saturated heterocycles. The van der Waals surface area contributed by atoms with Crippen LogP contribution in [0.1, 0.15) is 14.5 Å². The molecule has 0 saturated carbocycles.